The van der Waals surface area contributed by atoms with Crippen LogP contribution in [0.25, 0.3) is 0 Å². The molecule has 2 nitrogen and oxygen atoms in total. The van der Waals surface area contributed by atoms with Crippen molar-refractivity contribution in [3.63, 3.8) is 0 Å². The van der Waals surface area contributed by atoms with Crippen molar-refractivity contribution in [2.45, 2.75) is 26.8 Å². The molecule has 0 N–H and O–H groups in total. The second kappa shape index (κ2) is 3.72. The van der Waals surface area contributed by atoms with Gasteiger partial charge >= 0.3 is 0 Å². The van der Waals surface area contributed by atoms with E-state index in [0.29, 0.717) is 0 Å². The molecule has 0 amide bonds. The molecule has 1 rings (SSSR count). The SMILES string of the molecule is CCCn1c(C)nc(Br)c1Br. The number of rotatable bonds is 2. The Balaban J connectivity index is 3.02. The molecular weight excluding hydrogens is 272 g/mol. The van der Waals surface area contributed by atoms with E-state index in [4.69, 9.17) is 0 Å². The van der Waals surface area contributed by atoms with Gasteiger partial charge in [-0.05, 0) is 45.2 Å². The third-order valence-electron chi connectivity index (χ3n) is 1.51. The molecule has 0 saturated carbocycles. The predicted octanol–water partition coefficient (Wildman–Crippen LogP) is 3.13. The molecule has 11 heavy (non-hydrogen) atoms. The van der Waals surface area contributed by atoms with Gasteiger partial charge in [-0.1, -0.05) is 6.92 Å². The Morgan fingerprint density at radius 1 is 1.45 bits per heavy atom. The number of nitrogens with zero attached hydrogens (tertiary/aromatic N) is 2. The fourth-order valence-electron chi connectivity index (χ4n) is 0.986. The van der Waals surface area contributed by atoms with Crippen LogP contribution in [0.3, 0.4) is 0 Å². The number of imidazole rings is 1. The molecule has 0 aliphatic heterocycles. The summed E-state index contributed by atoms with van der Waals surface area (Å²) in [6.07, 6.45) is 1.13. The highest BCUT2D eigenvalue weighted by molar-refractivity contribution is 9.13. The van der Waals surface area contributed by atoms with Crippen LogP contribution in [0.5, 0.6) is 0 Å². The van der Waals surface area contributed by atoms with Gasteiger partial charge in [0.1, 0.15) is 15.0 Å². The summed E-state index contributed by atoms with van der Waals surface area (Å²) in [6, 6.07) is 0. The average Bonchev–Trinajstić information content (AvgIpc) is 2.17. The first-order valence-corrected chi connectivity index (χ1v) is 5.13. The van der Waals surface area contributed by atoms with E-state index in [-0.39, 0.29) is 0 Å². The van der Waals surface area contributed by atoms with Crippen LogP contribution >= 0.6 is 31.9 Å². The molecule has 1 aromatic heterocycles. The minimum Gasteiger partial charge on any atom is -0.322 e. The second-order valence-electron chi connectivity index (χ2n) is 2.39. The zero-order valence-electron chi connectivity index (χ0n) is 6.56. The summed E-state index contributed by atoms with van der Waals surface area (Å²) in [7, 11) is 0. The third-order valence-corrected chi connectivity index (χ3v) is 3.39. The van der Waals surface area contributed by atoms with E-state index in [1.54, 1.807) is 0 Å². The molecule has 0 aliphatic rings. The minimum absolute atomic E-state index is 0.892. The molecule has 0 bridgehead atoms. The maximum Gasteiger partial charge on any atom is 0.139 e. The van der Waals surface area contributed by atoms with E-state index >= 15 is 0 Å². The number of aryl methyl sites for hydroxylation is 1. The Hall–Kier alpha value is 0.170. The minimum atomic E-state index is 0.892. The van der Waals surface area contributed by atoms with E-state index in [2.05, 4.69) is 48.3 Å². The van der Waals surface area contributed by atoms with Gasteiger partial charge in [0, 0.05) is 6.54 Å². The van der Waals surface area contributed by atoms with Crippen LogP contribution in [-0.4, -0.2) is 9.55 Å². The first kappa shape index (κ1) is 9.26. The molecule has 0 aromatic carbocycles. The van der Waals surface area contributed by atoms with Gasteiger partial charge in [0.25, 0.3) is 0 Å². The van der Waals surface area contributed by atoms with E-state index < -0.39 is 0 Å². The van der Waals surface area contributed by atoms with Crippen LogP contribution in [0.15, 0.2) is 9.21 Å². The number of hydrogen-bond acceptors (Lipinski definition) is 1. The predicted molar refractivity (Wildman–Crippen MR) is 52.7 cm³/mol. The summed E-state index contributed by atoms with van der Waals surface area (Å²) < 4.78 is 4.07. The lowest BCUT2D eigenvalue weighted by atomic mass is 10.5. The van der Waals surface area contributed by atoms with Crippen molar-refractivity contribution >= 4 is 31.9 Å². The van der Waals surface area contributed by atoms with Gasteiger partial charge in [0.2, 0.25) is 0 Å². The van der Waals surface area contributed by atoms with E-state index in [9.17, 15) is 0 Å². The first-order valence-electron chi connectivity index (χ1n) is 3.55. The highest BCUT2D eigenvalue weighted by Gasteiger charge is 2.07. The smallest absolute Gasteiger partial charge is 0.139 e. The van der Waals surface area contributed by atoms with Crippen molar-refractivity contribution in [1.82, 2.24) is 9.55 Å². The zero-order valence-corrected chi connectivity index (χ0v) is 9.74. The molecular formula is C7H10Br2N2. The fourth-order valence-corrected chi connectivity index (χ4v) is 1.98. The summed E-state index contributed by atoms with van der Waals surface area (Å²) >= 11 is 6.81. The highest BCUT2D eigenvalue weighted by Crippen LogP contribution is 2.23. The quantitative estimate of drug-likeness (QED) is 0.814. The van der Waals surface area contributed by atoms with Gasteiger partial charge in [0.15, 0.2) is 0 Å². The van der Waals surface area contributed by atoms with Gasteiger partial charge in [-0.2, -0.15) is 0 Å². The normalized spacial score (nSPS) is 10.5. The molecule has 0 atom stereocenters. The Kier molecular flexibility index (Phi) is 3.13. The summed E-state index contributed by atoms with van der Waals surface area (Å²) in [5, 5.41) is 0. The molecule has 1 heterocycles. The zero-order chi connectivity index (χ0) is 8.43. The van der Waals surface area contributed by atoms with Crippen LogP contribution in [-0.2, 0) is 6.54 Å². The lowest BCUT2D eigenvalue weighted by Gasteiger charge is -2.02. The largest absolute Gasteiger partial charge is 0.322 e. The number of hydrogen-bond donors (Lipinski definition) is 0. The first-order chi connectivity index (χ1) is 5.16. The Morgan fingerprint density at radius 3 is 2.45 bits per heavy atom. The molecule has 0 radical (unpaired) electrons. The van der Waals surface area contributed by atoms with Crippen LogP contribution in [0.4, 0.5) is 0 Å². The third kappa shape index (κ3) is 1.85. The van der Waals surface area contributed by atoms with Gasteiger partial charge in [-0.25, -0.2) is 4.98 Å². The Morgan fingerprint density at radius 2 is 2.09 bits per heavy atom. The molecule has 4 heteroatoms. The van der Waals surface area contributed by atoms with Gasteiger partial charge in [-0.3, -0.25) is 0 Å². The van der Waals surface area contributed by atoms with Crippen molar-refractivity contribution in [1.29, 1.82) is 0 Å². The fraction of sp³-hybridized carbons (Fsp3) is 0.571. The molecule has 0 unspecified atom stereocenters. The number of halogens is 2. The van der Waals surface area contributed by atoms with Crippen LogP contribution in [0, 0.1) is 6.92 Å². The topological polar surface area (TPSA) is 17.8 Å². The average molecular weight is 282 g/mol. The van der Waals surface area contributed by atoms with Crippen molar-refractivity contribution in [3.8, 4) is 0 Å². The standard InChI is InChI=1S/C7H10Br2N2/c1-3-4-11-5(2)10-6(8)7(11)9/h3-4H2,1-2H3. The van der Waals surface area contributed by atoms with E-state index in [1.165, 1.54) is 0 Å². The van der Waals surface area contributed by atoms with Crippen LogP contribution in [0.1, 0.15) is 19.2 Å². The van der Waals surface area contributed by atoms with Gasteiger partial charge in [-0.15, -0.1) is 0 Å². The van der Waals surface area contributed by atoms with Crippen LogP contribution in [0.2, 0.25) is 0 Å². The monoisotopic (exact) mass is 280 g/mol. The van der Waals surface area contributed by atoms with E-state index in [0.717, 1.165) is 28.0 Å². The Bertz CT molecular complexity index is 255. The highest BCUT2D eigenvalue weighted by atomic mass is 79.9. The van der Waals surface area contributed by atoms with Crippen molar-refractivity contribution in [2.75, 3.05) is 0 Å². The second-order valence-corrected chi connectivity index (χ2v) is 3.89. The van der Waals surface area contributed by atoms with Gasteiger partial charge < -0.3 is 4.57 Å². The summed E-state index contributed by atoms with van der Waals surface area (Å²) in [6.45, 7) is 5.18. The molecule has 1 aromatic rings. The molecule has 0 fully saturated rings. The van der Waals surface area contributed by atoms with Crippen LogP contribution < -0.4 is 0 Å². The van der Waals surface area contributed by atoms with Crippen molar-refractivity contribution in [2.24, 2.45) is 0 Å². The summed E-state index contributed by atoms with van der Waals surface area (Å²) in [4.78, 5) is 4.26. The lowest BCUT2D eigenvalue weighted by Crippen LogP contribution is -1.99. The maximum absolute atomic E-state index is 4.26. The molecule has 62 valence electrons. The maximum atomic E-state index is 4.26. The van der Waals surface area contributed by atoms with E-state index in [1.807, 2.05) is 6.92 Å². The Labute approximate surface area is 83.3 Å². The molecule has 0 saturated heterocycles. The lowest BCUT2D eigenvalue weighted by molar-refractivity contribution is 0.646. The summed E-state index contributed by atoms with van der Waals surface area (Å²) in [5.41, 5.74) is 0. The van der Waals surface area contributed by atoms with Gasteiger partial charge in [0.05, 0.1) is 0 Å². The summed E-state index contributed by atoms with van der Waals surface area (Å²) in [5.74, 6) is 1.05. The van der Waals surface area contributed by atoms with Crippen molar-refractivity contribution in [3.05, 3.63) is 15.0 Å². The molecule has 0 spiro atoms. The van der Waals surface area contributed by atoms with Crippen molar-refractivity contribution < 1.29 is 0 Å². The molecule has 0 aliphatic carbocycles. The number of aromatic nitrogens is 2.